The Balaban J connectivity index is 2.16. The summed E-state index contributed by atoms with van der Waals surface area (Å²) in [6.45, 7) is 3.84. The number of halogens is 1. The Morgan fingerprint density at radius 1 is 1.33 bits per heavy atom. The van der Waals surface area contributed by atoms with Crippen molar-refractivity contribution >= 4 is 33.6 Å². The van der Waals surface area contributed by atoms with Gasteiger partial charge in [-0.3, -0.25) is 0 Å². The van der Waals surface area contributed by atoms with E-state index in [0.717, 1.165) is 20.5 Å². The number of nitrogens with one attached hydrogen (secondary N) is 1. The lowest BCUT2D eigenvalue weighted by molar-refractivity contribution is -0.141. The predicted molar refractivity (Wildman–Crippen MR) is 81.4 cm³/mol. The normalized spacial score (nSPS) is 21.4. The molecule has 1 heterocycles. The molecule has 7 heteroatoms. The topological polar surface area (TPSA) is 89.9 Å². The van der Waals surface area contributed by atoms with Gasteiger partial charge < -0.3 is 20.4 Å². The standard InChI is InChI=1S/C14H17BrN2O4/c1-7-3-9(4-8(2)12(7)15)16-14(21)17-6-10(18)5-11(17)13(19)20/h3-4,10-11,18H,5-6H2,1-2H3,(H,16,21)(H,19,20)/t10-,11+/m1/s1. The number of amides is 2. The van der Waals surface area contributed by atoms with E-state index < -0.39 is 24.1 Å². The van der Waals surface area contributed by atoms with Crippen LogP contribution in [-0.2, 0) is 4.79 Å². The molecule has 1 saturated heterocycles. The number of nitrogens with zero attached hydrogens (tertiary/aromatic N) is 1. The number of carbonyl (C=O) groups is 2. The van der Waals surface area contributed by atoms with E-state index in [2.05, 4.69) is 21.2 Å². The van der Waals surface area contributed by atoms with Crippen molar-refractivity contribution in [1.82, 2.24) is 4.90 Å². The highest BCUT2D eigenvalue weighted by atomic mass is 79.9. The summed E-state index contributed by atoms with van der Waals surface area (Å²) in [4.78, 5) is 24.5. The third-order valence-electron chi connectivity index (χ3n) is 3.51. The third kappa shape index (κ3) is 3.36. The molecule has 1 fully saturated rings. The lowest BCUT2D eigenvalue weighted by Gasteiger charge is -2.22. The number of likely N-dealkylation sites (tertiary alicyclic amines) is 1. The van der Waals surface area contributed by atoms with E-state index in [4.69, 9.17) is 5.11 Å². The summed E-state index contributed by atoms with van der Waals surface area (Å²) in [6.07, 6.45) is -0.744. The summed E-state index contributed by atoms with van der Waals surface area (Å²) in [7, 11) is 0. The zero-order valence-corrected chi connectivity index (χ0v) is 13.3. The van der Waals surface area contributed by atoms with Crippen molar-refractivity contribution in [2.24, 2.45) is 0 Å². The molecule has 0 bridgehead atoms. The van der Waals surface area contributed by atoms with E-state index in [9.17, 15) is 14.7 Å². The van der Waals surface area contributed by atoms with Gasteiger partial charge in [0.2, 0.25) is 0 Å². The molecule has 2 amide bonds. The predicted octanol–water partition coefficient (Wildman–Crippen LogP) is 2.12. The molecule has 2 rings (SSSR count). The smallest absolute Gasteiger partial charge is 0.326 e. The molecule has 6 nitrogen and oxygen atoms in total. The van der Waals surface area contributed by atoms with Gasteiger partial charge in [0, 0.05) is 23.1 Å². The van der Waals surface area contributed by atoms with E-state index in [0.29, 0.717) is 5.69 Å². The molecule has 0 unspecified atom stereocenters. The van der Waals surface area contributed by atoms with Gasteiger partial charge in [0.25, 0.3) is 0 Å². The number of benzene rings is 1. The molecular formula is C14H17BrN2O4. The Labute approximate surface area is 130 Å². The number of carboxylic acid groups (broad SMARTS) is 1. The monoisotopic (exact) mass is 356 g/mol. The Kier molecular flexibility index (Phi) is 4.53. The molecule has 2 atom stereocenters. The van der Waals surface area contributed by atoms with E-state index in [1.807, 2.05) is 13.8 Å². The van der Waals surface area contributed by atoms with Crippen molar-refractivity contribution in [3.05, 3.63) is 27.7 Å². The van der Waals surface area contributed by atoms with Crippen LogP contribution in [0, 0.1) is 13.8 Å². The molecule has 1 aliphatic heterocycles. The maximum atomic E-state index is 12.2. The largest absolute Gasteiger partial charge is 0.480 e. The number of rotatable bonds is 2. The van der Waals surface area contributed by atoms with Gasteiger partial charge in [-0.2, -0.15) is 0 Å². The van der Waals surface area contributed by atoms with Gasteiger partial charge in [-0.15, -0.1) is 0 Å². The van der Waals surface area contributed by atoms with Crippen molar-refractivity contribution in [2.75, 3.05) is 11.9 Å². The first kappa shape index (κ1) is 15.8. The second-order valence-corrected chi connectivity index (χ2v) is 6.04. The van der Waals surface area contributed by atoms with Gasteiger partial charge in [-0.25, -0.2) is 9.59 Å². The highest BCUT2D eigenvalue weighted by Crippen LogP contribution is 2.26. The molecule has 0 aromatic heterocycles. The average Bonchev–Trinajstić information content (AvgIpc) is 2.78. The molecule has 0 radical (unpaired) electrons. The number of carbonyl (C=O) groups excluding carboxylic acids is 1. The molecule has 0 spiro atoms. The van der Waals surface area contributed by atoms with Crippen LogP contribution in [0.2, 0.25) is 0 Å². The highest BCUT2D eigenvalue weighted by molar-refractivity contribution is 9.10. The summed E-state index contributed by atoms with van der Waals surface area (Å²) >= 11 is 3.45. The zero-order chi connectivity index (χ0) is 15.7. The maximum Gasteiger partial charge on any atom is 0.326 e. The average molecular weight is 357 g/mol. The Hall–Kier alpha value is -1.60. The molecule has 1 aromatic rings. The number of aliphatic carboxylic acids is 1. The van der Waals surface area contributed by atoms with Crippen LogP contribution < -0.4 is 5.32 Å². The first-order valence-corrected chi connectivity index (χ1v) is 7.34. The number of aliphatic hydroxyl groups is 1. The summed E-state index contributed by atoms with van der Waals surface area (Å²) in [5.41, 5.74) is 2.55. The molecule has 21 heavy (non-hydrogen) atoms. The number of anilines is 1. The summed E-state index contributed by atoms with van der Waals surface area (Å²) in [6, 6.07) is 2.10. The number of hydrogen-bond acceptors (Lipinski definition) is 3. The maximum absolute atomic E-state index is 12.2. The summed E-state index contributed by atoms with van der Waals surface area (Å²) < 4.78 is 0.973. The second-order valence-electron chi connectivity index (χ2n) is 5.25. The SMILES string of the molecule is Cc1cc(NC(=O)N2C[C@H](O)C[C@H]2C(=O)O)cc(C)c1Br. The molecule has 1 aromatic carbocycles. The second kappa shape index (κ2) is 6.03. The van der Waals surface area contributed by atoms with Crippen LogP contribution in [0.15, 0.2) is 16.6 Å². The molecular weight excluding hydrogens is 340 g/mol. The molecule has 1 aliphatic rings. The van der Waals surface area contributed by atoms with Gasteiger partial charge in [-0.1, -0.05) is 15.9 Å². The lowest BCUT2D eigenvalue weighted by atomic mass is 10.1. The van der Waals surface area contributed by atoms with Gasteiger partial charge in [0.05, 0.1) is 6.10 Å². The number of urea groups is 1. The summed E-state index contributed by atoms with van der Waals surface area (Å²) in [5, 5.41) is 21.4. The number of aryl methyl sites for hydroxylation is 2. The van der Waals surface area contributed by atoms with Crippen LogP contribution in [0.1, 0.15) is 17.5 Å². The van der Waals surface area contributed by atoms with Gasteiger partial charge in [0.1, 0.15) is 6.04 Å². The zero-order valence-electron chi connectivity index (χ0n) is 11.8. The minimum Gasteiger partial charge on any atom is -0.480 e. The van der Waals surface area contributed by atoms with Crippen molar-refractivity contribution in [3.63, 3.8) is 0 Å². The lowest BCUT2D eigenvalue weighted by Crippen LogP contribution is -2.43. The first-order valence-electron chi connectivity index (χ1n) is 6.55. The van der Waals surface area contributed by atoms with E-state index in [1.165, 1.54) is 0 Å². The highest BCUT2D eigenvalue weighted by Gasteiger charge is 2.39. The fourth-order valence-corrected chi connectivity index (χ4v) is 2.71. The number of β-amino-alcohol motifs (C(OH)–C–C–N with tert-alkyl or cyclic N) is 1. The Morgan fingerprint density at radius 3 is 2.43 bits per heavy atom. The fraction of sp³-hybridized carbons (Fsp3) is 0.429. The number of hydrogen-bond donors (Lipinski definition) is 3. The molecule has 3 N–H and O–H groups in total. The van der Waals surface area contributed by atoms with Crippen molar-refractivity contribution in [3.8, 4) is 0 Å². The van der Waals surface area contributed by atoms with Crippen LogP contribution in [0.25, 0.3) is 0 Å². The van der Waals surface area contributed by atoms with E-state index in [-0.39, 0.29) is 13.0 Å². The van der Waals surface area contributed by atoms with Crippen LogP contribution >= 0.6 is 15.9 Å². The van der Waals surface area contributed by atoms with Crippen LogP contribution in [0.3, 0.4) is 0 Å². The van der Waals surface area contributed by atoms with Crippen LogP contribution in [0.4, 0.5) is 10.5 Å². The minimum absolute atomic E-state index is 0.0251. The van der Waals surface area contributed by atoms with E-state index in [1.54, 1.807) is 12.1 Å². The Bertz CT molecular complexity index is 567. The van der Waals surface area contributed by atoms with Gasteiger partial charge >= 0.3 is 12.0 Å². The van der Waals surface area contributed by atoms with Crippen molar-refractivity contribution in [1.29, 1.82) is 0 Å². The summed E-state index contributed by atoms with van der Waals surface area (Å²) in [5.74, 6) is -1.11. The first-order chi connectivity index (χ1) is 9.79. The van der Waals surface area contributed by atoms with Gasteiger partial charge in [0.15, 0.2) is 0 Å². The van der Waals surface area contributed by atoms with Crippen LogP contribution in [0.5, 0.6) is 0 Å². The molecule has 0 saturated carbocycles. The molecule has 0 aliphatic carbocycles. The van der Waals surface area contributed by atoms with E-state index >= 15 is 0 Å². The number of carboxylic acids is 1. The minimum atomic E-state index is -1.11. The van der Waals surface area contributed by atoms with Crippen LogP contribution in [-0.4, -0.2) is 45.8 Å². The number of aliphatic hydroxyl groups excluding tert-OH is 1. The fourth-order valence-electron chi connectivity index (χ4n) is 2.49. The third-order valence-corrected chi connectivity index (χ3v) is 4.76. The Morgan fingerprint density at radius 2 is 1.90 bits per heavy atom. The quantitative estimate of drug-likeness (QED) is 0.756. The molecule has 114 valence electrons. The van der Waals surface area contributed by atoms with Crippen molar-refractivity contribution < 1.29 is 19.8 Å². The van der Waals surface area contributed by atoms with Crippen molar-refractivity contribution in [2.45, 2.75) is 32.4 Å². The van der Waals surface area contributed by atoms with Gasteiger partial charge in [-0.05, 0) is 37.1 Å².